The summed E-state index contributed by atoms with van der Waals surface area (Å²) in [4.78, 5) is 34.3. The Morgan fingerprint density at radius 1 is 1.14 bits per heavy atom. The Hall–Kier alpha value is -1.88. The Bertz CT molecular complexity index is 994. The summed E-state index contributed by atoms with van der Waals surface area (Å²) in [7, 11) is 0. The highest BCUT2D eigenvalue weighted by atomic mass is 79.9. The first kappa shape index (κ1) is 26.2. The first-order chi connectivity index (χ1) is 16.5. The molecule has 4 aliphatic rings. The van der Waals surface area contributed by atoms with Gasteiger partial charge in [0.25, 0.3) is 5.91 Å². The van der Waals surface area contributed by atoms with E-state index in [2.05, 4.69) is 15.3 Å². The average molecular weight is 566 g/mol. The normalized spacial score (nSPS) is 27.9. The molecule has 3 saturated heterocycles. The lowest BCUT2D eigenvalue weighted by Gasteiger charge is -2.52. The molecule has 2 bridgehead atoms. The number of piperidine rings is 3. The zero-order valence-electron chi connectivity index (χ0n) is 19.8. The lowest BCUT2D eigenvalue weighted by Crippen LogP contribution is -3.00. The molecule has 0 aromatic carbocycles. The number of aromatic nitrogens is 2. The predicted octanol–water partition coefficient (Wildman–Crippen LogP) is 0.101. The van der Waals surface area contributed by atoms with Crippen molar-refractivity contribution in [3.05, 3.63) is 41.1 Å². The zero-order chi connectivity index (χ0) is 23.6. The van der Waals surface area contributed by atoms with Crippen LogP contribution in [0, 0.1) is 11.8 Å². The highest BCUT2D eigenvalue weighted by Gasteiger charge is 2.52. The number of esters is 1. The number of thiophene rings is 1. The number of anilines is 1. The Kier molecular flexibility index (Phi) is 8.25. The second kappa shape index (κ2) is 11.0. The van der Waals surface area contributed by atoms with E-state index in [1.807, 2.05) is 16.8 Å². The summed E-state index contributed by atoms with van der Waals surface area (Å²) in [6.45, 7) is 2.73. The average Bonchev–Trinajstić information content (AvgIpc) is 3.40. The van der Waals surface area contributed by atoms with E-state index >= 15 is 0 Å². The van der Waals surface area contributed by atoms with E-state index in [9.17, 15) is 14.7 Å². The van der Waals surface area contributed by atoms with Crippen molar-refractivity contribution < 1.29 is 40.9 Å². The fraction of sp³-hybridized carbons (Fsp3) is 0.600. The highest BCUT2D eigenvalue weighted by molar-refractivity contribution is 7.08. The Morgan fingerprint density at radius 3 is 2.51 bits per heavy atom. The molecular weight excluding hydrogens is 532 g/mol. The van der Waals surface area contributed by atoms with Gasteiger partial charge in [-0.2, -0.15) is 11.3 Å². The summed E-state index contributed by atoms with van der Waals surface area (Å²) in [6, 6.07) is 1.85. The van der Waals surface area contributed by atoms with Gasteiger partial charge in [0, 0.05) is 30.2 Å². The molecule has 1 saturated carbocycles. The van der Waals surface area contributed by atoms with Crippen LogP contribution in [0.1, 0.15) is 50.5 Å². The molecule has 0 radical (unpaired) electrons. The maximum absolute atomic E-state index is 13.6. The summed E-state index contributed by atoms with van der Waals surface area (Å²) in [5.74, 6) is -0.433. The number of halogens is 1. The van der Waals surface area contributed by atoms with Gasteiger partial charge >= 0.3 is 5.97 Å². The third-order valence-electron chi connectivity index (χ3n) is 8.09. The van der Waals surface area contributed by atoms with Crippen LogP contribution in [0.5, 0.6) is 0 Å². The van der Waals surface area contributed by atoms with E-state index in [1.165, 1.54) is 17.7 Å². The predicted molar refractivity (Wildman–Crippen MR) is 128 cm³/mol. The van der Waals surface area contributed by atoms with E-state index in [4.69, 9.17) is 4.74 Å². The van der Waals surface area contributed by atoms with E-state index in [1.54, 1.807) is 12.4 Å². The third-order valence-corrected chi connectivity index (χ3v) is 8.77. The smallest absolute Gasteiger partial charge is 0.343 e. The number of quaternary nitrogens is 1. The van der Waals surface area contributed by atoms with Gasteiger partial charge in [0.05, 0.1) is 31.2 Å². The summed E-state index contributed by atoms with van der Waals surface area (Å²) < 4.78 is 6.75. The monoisotopic (exact) mass is 564 g/mol. The van der Waals surface area contributed by atoms with E-state index in [0.29, 0.717) is 28.8 Å². The van der Waals surface area contributed by atoms with Gasteiger partial charge < -0.3 is 36.6 Å². The number of fused-ring (bicyclic) bond motifs is 3. The summed E-state index contributed by atoms with van der Waals surface area (Å²) in [5, 5.41) is 18.4. The highest BCUT2D eigenvalue weighted by Crippen LogP contribution is 2.43. The fourth-order valence-electron chi connectivity index (χ4n) is 6.19. The van der Waals surface area contributed by atoms with Crippen molar-refractivity contribution in [3.8, 4) is 0 Å². The summed E-state index contributed by atoms with van der Waals surface area (Å²) >= 11 is 1.49. The van der Waals surface area contributed by atoms with Crippen molar-refractivity contribution in [2.24, 2.45) is 11.8 Å². The van der Waals surface area contributed by atoms with Crippen LogP contribution in [-0.2, 0) is 19.9 Å². The minimum Gasteiger partial charge on any atom is -1.00 e. The molecule has 1 unspecified atom stereocenters. The van der Waals surface area contributed by atoms with Crippen LogP contribution >= 0.6 is 11.3 Å². The molecule has 2 aromatic heterocycles. The molecular formula is C25H33BrN4O4S. The molecule has 0 spiro atoms. The first-order valence-corrected chi connectivity index (χ1v) is 13.3. The SMILES string of the molecule is O=C(C[N+]12CCC(CC1)C(OC(=O)[C@](O)(c1ccsc1)C1CCCCC1)C2)Nc1cncnc1.[Br-]. The number of amides is 1. The van der Waals surface area contributed by atoms with Crippen molar-refractivity contribution in [2.75, 3.05) is 31.5 Å². The third kappa shape index (κ3) is 5.45. The molecule has 2 atom stereocenters. The number of nitrogens with one attached hydrogen (secondary N) is 1. The maximum Gasteiger partial charge on any atom is 0.343 e. The number of carbonyl (C=O) groups excluding carboxylic acids is 2. The lowest BCUT2D eigenvalue weighted by atomic mass is 9.74. The van der Waals surface area contributed by atoms with Crippen molar-refractivity contribution in [3.63, 3.8) is 0 Å². The molecule has 1 amide bonds. The van der Waals surface area contributed by atoms with E-state index in [0.717, 1.165) is 58.0 Å². The van der Waals surface area contributed by atoms with Gasteiger partial charge in [0.2, 0.25) is 0 Å². The number of carbonyl (C=O) groups is 2. The van der Waals surface area contributed by atoms with Crippen LogP contribution in [0.25, 0.3) is 0 Å². The molecule has 3 aliphatic heterocycles. The van der Waals surface area contributed by atoms with E-state index < -0.39 is 11.6 Å². The van der Waals surface area contributed by atoms with Gasteiger partial charge in [0.1, 0.15) is 12.9 Å². The maximum atomic E-state index is 13.6. The van der Waals surface area contributed by atoms with Gasteiger partial charge in [-0.3, -0.25) is 4.79 Å². The second-order valence-electron chi connectivity index (χ2n) is 10.2. The quantitative estimate of drug-likeness (QED) is 0.365. The molecule has 4 fully saturated rings. The minimum absolute atomic E-state index is 0. The van der Waals surface area contributed by atoms with Gasteiger partial charge in [-0.1, -0.05) is 19.3 Å². The van der Waals surface area contributed by atoms with Crippen molar-refractivity contribution in [2.45, 2.75) is 56.7 Å². The van der Waals surface area contributed by atoms with Crippen molar-refractivity contribution in [1.29, 1.82) is 0 Å². The van der Waals surface area contributed by atoms with Gasteiger partial charge in [-0.05, 0) is 29.7 Å². The van der Waals surface area contributed by atoms with E-state index in [-0.39, 0.29) is 40.8 Å². The standard InChI is InChI=1S/C25H32N4O4S.BrH/c30-23(28-21-12-26-17-27-13-21)15-29-9-6-18(7-10-29)22(14-29)33-24(31)25(32,20-8-11-34-16-20)19-4-2-1-3-5-19;/h8,11-13,16-19,22,32H,1-7,9-10,14-15H2;1H/t18?,22?,25-,29?;/m1./s1. The zero-order valence-corrected chi connectivity index (χ0v) is 22.2. The summed E-state index contributed by atoms with van der Waals surface area (Å²) in [6.07, 6.45) is 11.0. The molecule has 6 rings (SSSR count). The van der Waals surface area contributed by atoms with Crippen LogP contribution in [0.15, 0.2) is 35.5 Å². The van der Waals surface area contributed by atoms with Crippen LogP contribution in [-0.4, -0.2) is 63.7 Å². The van der Waals surface area contributed by atoms with Crippen LogP contribution in [0.3, 0.4) is 0 Å². The Balaban J connectivity index is 0.00000289. The number of nitrogens with zero attached hydrogens (tertiary/aromatic N) is 3. The molecule has 5 heterocycles. The van der Waals surface area contributed by atoms with Crippen molar-refractivity contribution >= 4 is 28.9 Å². The van der Waals surface area contributed by atoms with Crippen LogP contribution in [0.2, 0.25) is 0 Å². The molecule has 190 valence electrons. The molecule has 2 aromatic rings. The minimum atomic E-state index is -1.60. The first-order valence-electron chi connectivity index (χ1n) is 12.3. The van der Waals surface area contributed by atoms with Gasteiger partial charge in [-0.25, -0.2) is 14.8 Å². The molecule has 10 heteroatoms. The molecule has 1 aliphatic carbocycles. The molecule has 2 N–H and O–H groups in total. The Morgan fingerprint density at radius 2 is 1.86 bits per heavy atom. The second-order valence-corrected chi connectivity index (χ2v) is 11.0. The van der Waals surface area contributed by atoms with Gasteiger partial charge in [-0.15, -0.1) is 0 Å². The number of aliphatic hydroxyl groups is 1. The number of hydrogen-bond donors (Lipinski definition) is 2. The summed E-state index contributed by atoms with van der Waals surface area (Å²) in [5.41, 5.74) is -0.361. The van der Waals surface area contributed by atoms with Gasteiger partial charge in [0.15, 0.2) is 18.2 Å². The fourth-order valence-corrected chi connectivity index (χ4v) is 6.90. The number of rotatable bonds is 7. The largest absolute Gasteiger partial charge is 1.00 e. The van der Waals surface area contributed by atoms with Crippen LogP contribution in [0.4, 0.5) is 5.69 Å². The number of hydrogen-bond acceptors (Lipinski definition) is 7. The topological polar surface area (TPSA) is 101 Å². The molecule has 8 nitrogen and oxygen atoms in total. The lowest BCUT2D eigenvalue weighted by molar-refractivity contribution is -0.939. The number of ether oxygens (including phenoxy) is 1. The van der Waals surface area contributed by atoms with Crippen LogP contribution < -0.4 is 22.3 Å². The molecule has 35 heavy (non-hydrogen) atoms. The van der Waals surface area contributed by atoms with Crippen molar-refractivity contribution in [1.82, 2.24) is 9.97 Å². The Labute approximate surface area is 220 Å².